The maximum absolute atomic E-state index is 12.3. The molecule has 0 aliphatic rings. The van der Waals surface area contributed by atoms with Gasteiger partial charge in [-0.25, -0.2) is 0 Å². The molecule has 1 atom stereocenters. The number of aliphatic carboxylic acids is 1. The molecule has 0 aromatic heterocycles. The lowest BCUT2D eigenvalue weighted by Crippen LogP contribution is -2.41. The van der Waals surface area contributed by atoms with Crippen LogP contribution in [0, 0.1) is 0 Å². The van der Waals surface area contributed by atoms with Crippen molar-refractivity contribution in [1.29, 1.82) is 0 Å². The van der Waals surface area contributed by atoms with Crippen molar-refractivity contribution >= 4 is 23.6 Å². The summed E-state index contributed by atoms with van der Waals surface area (Å²) in [4.78, 5) is 25.7. The Hall–Kier alpha value is -1.49. The van der Waals surface area contributed by atoms with Gasteiger partial charge in [-0.15, -0.1) is 11.8 Å². The van der Waals surface area contributed by atoms with Gasteiger partial charge in [-0.3, -0.25) is 9.59 Å². The normalized spacial score (nSPS) is 11.9. The number of amides is 1. The van der Waals surface area contributed by atoms with Gasteiger partial charge in [-0.1, -0.05) is 6.92 Å². The molecule has 19 heavy (non-hydrogen) atoms. The van der Waals surface area contributed by atoms with Gasteiger partial charge < -0.3 is 10.0 Å². The van der Waals surface area contributed by atoms with E-state index in [2.05, 4.69) is 0 Å². The molecule has 0 fully saturated rings. The summed E-state index contributed by atoms with van der Waals surface area (Å²) in [5.41, 5.74) is 0.527. The highest BCUT2D eigenvalue weighted by Crippen LogP contribution is 2.17. The fourth-order valence-electron chi connectivity index (χ4n) is 1.69. The van der Waals surface area contributed by atoms with Gasteiger partial charge in [0.1, 0.15) is 6.54 Å². The van der Waals surface area contributed by atoms with Crippen LogP contribution in [0.25, 0.3) is 0 Å². The summed E-state index contributed by atoms with van der Waals surface area (Å²) in [6.45, 7) is 3.53. The number of benzene rings is 1. The van der Waals surface area contributed by atoms with Gasteiger partial charge in [0.05, 0.1) is 0 Å². The van der Waals surface area contributed by atoms with Gasteiger partial charge in [0.2, 0.25) is 0 Å². The Morgan fingerprint density at radius 2 is 1.89 bits per heavy atom. The Bertz CT molecular complexity index is 445. The summed E-state index contributed by atoms with van der Waals surface area (Å²) >= 11 is 1.60. The van der Waals surface area contributed by atoms with Crippen LogP contribution >= 0.6 is 11.8 Å². The Morgan fingerprint density at radius 1 is 1.32 bits per heavy atom. The molecule has 0 saturated heterocycles. The molecule has 0 heterocycles. The first-order valence-electron chi connectivity index (χ1n) is 6.16. The summed E-state index contributed by atoms with van der Waals surface area (Å²) in [5.74, 6) is -1.22. The molecule has 104 valence electrons. The first-order valence-corrected chi connectivity index (χ1v) is 7.38. The van der Waals surface area contributed by atoms with Crippen molar-refractivity contribution in [3.8, 4) is 0 Å². The molecule has 1 N–H and O–H groups in total. The molecule has 1 aromatic rings. The topological polar surface area (TPSA) is 57.6 Å². The van der Waals surface area contributed by atoms with Gasteiger partial charge in [0.15, 0.2) is 0 Å². The van der Waals surface area contributed by atoms with Crippen molar-refractivity contribution in [3.63, 3.8) is 0 Å². The second-order valence-corrected chi connectivity index (χ2v) is 5.19. The van der Waals surface area contributed by atoms with Crippen molar-refractivity contribution in [2.24, 2.45) is 0 Å². The summed E-state index contributed by atoms with van der Waals surface area (Å²) in [7, 11) is 0. The highest BCUT2D eigenvalue weighted by atomic mass is 32.2. The predicted molar refractivity (Wildman–Crippen MR) is 76.6 cm³/mol. The van der Waals surface area contributed by atoms with E-state index in [1.807, 2.05) is 32.2 Å². The molecule has 0 aliphatic carbocycles. The molecular formula is C14H19NO3S. The van der Waals surface area contributed by atoms with E-state index in [4.69, 9.17) is 5.11 Å². The van der Waals surface area contributed by atoms with Gasteiger partial charge in [-0.2, -0.15) is 0 Å². The van der Waals surface area contributed by atoms with Crippen molar-refractivity contribution in [2.45, 2.75) is 31.2 Å². The molecule has 1 aromatic carbocycles. The predicted octanol–water partition coefficient (Wildman–Crippen LogP) is 2.73. The van der Waals surface area contributed by atoms with E-state index < -0.39 is 5.97 Å². The minimum atomic E-state index is -0.991. The van der Waals surface area contributed by atoms with E-state index in [0.717, 1.165) is 11.3 Å². The quantitative estimate of drug-likeness (QED) is 0.815. The molecule has 0 bridgehead atoms. The van der Waals surface area contributed by atoms with E-state index in [-0.39, 0.29) is 18.5 Å². The van der Waals surface area contributed by atoms with Crippen LogP contribution in [-0.4, -0.2) is 40.7 Å². The summed E-state index contributed by atoms with van der Waals surface area (Å²) in [6, 6.07) is 7.13. The Balaban J connectivity index is 2.93. The minimum Gasteiger partial charge on any atom is -0.480 e. The average Bonchev–Trinajstić information content (AvgIpc) is 2.43. The highest BCUT2D eigenvalue weighted by Gasteiger charge is 2.22. The van der Waals surface area contributed by atoms with Crippen molar-refractivity contribution < 1.29 is 14.7 Å². The van der Waals surface area contributed by atoms with Gasteiger partial charge >= 0.3 is 5.97 Å². The number of rotatable bonds is 6. The Labute approximate surface area is 117 Å². The Kier molecular flexibility index (Phi) is 5.89. The molecule has 4 nitrogen and oxygen atoms in total. The van der Waals surface area contributed by atoms with E-state index in [0.29, 0.717) is 5.56 Å². The molecular weight excluding hydrogens is 262 g/mol. The molecule has 1 amide bonds. The average molecular weight is 281 g/mol. The zero-order chi connectivity index (χ0) is 14.4. The van der Waals surface area contributed by atoms with E-state index in [9.17, 15) is 9.59 Å². The van der Waals surface area contributed by atoms with Crippen LogP contribution < -0.4 is 0 Å². The van der Waals surface area contributed by atoms with Gasteiger partial charge in [-0.05, 0) is 43.9 Å². The van der Waals surface area contributed by atoms with Crippen LogP contribution in [0.15, 0.2) is 29.2 Å². The SMILES string of the molecule is CCC(C)N(CC(=O)O)C(=O)c1ccc(SC)cc1. The van der Waals surface area contributed by atoms with E-state index in [1.54, 1.807) is 23.9 Å². The number of carbonyl (C=O) groups is 2. The fourth-order valence-corrected chi connectivity index (χ4v) is 2.10. The van der Waals surface area contributed by atoms with Crippen LogP contribution in [0.2, 0.25) is 0 Å². The molecule has 0 radical (unpaired) electrons. The van der Waals surface area contributed by atoms with Crippen LogP contribution in [0.4, 0.5) is 0 Å². The second-order valence-electron chi connectivity index (χ2n) is 4.31. The highest BCUT2D eigenvalue weighted by molar-refractivity contribution is 7.98. The summed E-state index contributed by atoms with van der Waals surface area (Å²) < 4.78 is 0. The van der Waals surface area contributed by atoms with Crippen LogP contribution in [0.1, 0.15) is 30.6 Å². The number of hydrogen-bond acceptors (Lipinski definition) is 3. The molecule has 0 spiro atoms. The first-order chi connectivity index (χ1) is 8.99. The lowest BCUT2D eigenvalue weighted by molar-refractivity contribution is -0.138. The van der Waals surface area contributed by atoms with E-state index in [1.165, 1.54) is 4.90 Å². The van der Waals surface area contributed by atoms with Crippen LogP contribution in [0.3, 0.4) is 0 Å². The number of nitrogens with zero attached hydrogens (tertiary/aromatic N) is 1. The number of thioether (sulfide) groups is 1. The Morgan fingerprint density at radius 3 is 2.32 bits per heavy atom. The minimum absolute atomic E-state index is 0.0937. The molecule has 0 aliphatic heterocycles. The van der Waals surface area contributed by atoms with Crippen LogP contribution in [0.5, 0.6) is 0 Å². The summed E-state index contributed by atoms with van der Waals surface area (Å²) in [6.07, 6.45) is 2.69. The second kappa shape index (κ2) is 7.19. The zero-order valence-corrected chi connectivity index (χ0v) is 12.2. The number of carboxylic acids is 1. The summed E-state index contributed by atoms with van der Waals surface area (Å²) in [5, 5.41) is 8.91. The lowest BCUT2D eigenvalue weighted by Gasteiger charge is -2.27. The van der Waals surface area contributed by atoms with Crippen molar-refractivity contribution in [3.05, 3.63) is 29.8 Å². The largest absolute Gasteiger partial charge is 0.480 e. The standard InChI is InChI=1S/C14H19NO3S/c1-4-10(2)15(9-13(16)17)14(18)11-5-7-12(19-3)8-6-11/h5-8,10H,4,9H2,1-3H3,(H,16,17). The number of carboxylic acid groups (broad SMARTS) is 1. The van der Waals surface area contributed by atoms with Crippen molar-refractivity contribution in [2.75, 3.05) is 12.8 Å². The molecule has 0 saturated carbocycles. The molecule has 5 heteroatoms. The maximum atomic E-state index is 12.3. The third kappa shape index (κ3) is 4.28. The fraction of sp³-hybridized carbons (Fsp3) is 0.429. The van der Waals surface area contributed by atoms with Gasteiger partial charge in [0.25, 0.3) is 5.91 Å². The van der Waals surface area contributed by atoms with Gasteiger partial charge in [0, 0.05) is 16.5 Å². The zero-order valence-electron chi connectivity index (χ0n) is 11.4. The third-order valence-corrected chi connectivity index (χ3v) is 3.77. The number of carbonyl (C=O) groups excluding carboxylic acids is 1. The van der Waals surface area contributed by atoms with Crippen molar-refractivity contribution in [1.82, 2.24) is 4.90 Å². The lowest BCUT2D eigenvalue weighted by atomic mass is 10.1. The third-order valence-electron chi connectivity index (χ3n) is 3.03. The number of hydrogen-bond donors (Lipinski definition) is 1. The smallest absolute Gasteiger partial charge is 0.323 e. The molecule has 1 rings (SSSR count). The first kappa shape index (κ1) is 15.6. The van der Waals surface area contributed by atoms with E-state index >= 15 is 0 Å². The molecule has 1 unspecified atom stereocenters. The monoisotopic (exact) mass is 281 g/mol. The van der Waals surface area contributed by atoms with Crippen LogP contribution in [-0.2, 0) is 4.79 Å². The maximum Gasteiger partial charge on any atom is 0.323 e.